The van der Waals surface area contributed by atoms with E-state index in [1.54, 1.807) is 12.1 Å². The largest absolute Gasteiger partial charge is 0.508 e. The van der Waals surface area contributed by atoms with Gasteiger partial charge in [0.15, 0.2) is 0 Å². The van der Waals surface area contributed by atoms with Gasteiger partial charge in [0.1, 0.15) is 5.75 Å². The number of halogens is 1. The molecule has 1 unspecified atom stereocenters. The van der Waals surface area contributed by atoms with Crippen molar-refractivity contribution in [2.24, 2.45) is 5.92 Å². The van der Waals surface area contributed by atoms with Crippen molar-refractivity contribution in [3.63, 3.8) is 0 Å². The van der Waals surface area contributed by atoms with Crippen molar-refractivity contribution in [3.8, 4) is 5.75 Å². The second-order valence-electron chi connectivity index (χ2n) is 4.43. The molecule has 0 amide bonds. The van der Waals surface area contributed by atoms with Crippen LogP contribution in [0.15, 0.2) is 24.3 Å². The molecule has 0 heterocycles. The fourth-order valence-corrected chi connectivity index (χ4v) is 2.59. The van der Waals surface area contributed by atoms with Gasteiger partial charge in [0, 0.05) is 4.83 Å². The van der Waals surface area contributed by atoms with Crippen LogP contribution in [0.2, 0.25) is 0 Å². The summed E-state index contributed by atoms with van der Waals surface area (Å²) in [4.78, 5) is 0.603. The predicted molar refractivity (Wildman–Crippen MR) is 68.6 cm³/mol. The van der Waals surface area contributed by atoms with E-state index < -0.39 is 0 Å². The minimum absolute atomic E-state index is 0.344. The molecule has 1 atom stereocenters. The summed E-state index contributed by atoms with van der Waals surface area (Å²) in [5.41, 5.74) is 1.29. The molecule has 0 radical (unpaired) electrons. The molecule has 1 aromatic carbocycles. The standard InChI is InChI=1S/C13H19BrO/c1-10(2)9-12(14)6-3-11-4-7-13(15)8-5-11/h4-5,7-8,10,12,15H,3,6,9H2,1-2H3. The Bertz CT molecular complexity index is 279. The van der Waals surface area contributed by atoms with E-state index in [1.165, 1.54) is 12.0 Å². The summed E-state index contributed by atoms with van der Waals surface area (Å²) in [7, 11) is 0. The lowest BCUT2D eigenvalue weighted by atomic mass is 10.0. The summed E-state index contributed by atoms with van der Waals surface area (Å²) in [6.07, 6.45) is 3.45. The third kappa shape index (κ3) is 5.22. The number of hydrogen-bond acceptors (Lipinski definition) is 1. The molecule has 1 nitrogen and oxygen atoms in total. The van der Waals surface area contributed by atoms with Crippen molar-refractivity contribution in [1.29, 1.82) is 0 Å². The minimum atomic E-state index is 0.344. The first-order chi connectivity index (χ1) is 7.08. The van der Waals surface area contributed by atoms with Crippen LogP contribution in [0.3, 0.4) is 0 Å². The van der Waals surface area contributed by atoms with E-state index in [1.807, 2.05) is 12.1 Å². The van der Waals surface area contributed by atoms with E-state index in [4.69, 9.17) is 5.11 Å². The van der Waals surface area contributed by atoms with Gasteiger partial charge in [-0.15, -0.1) is 0 Å². The van der Waals surface area contributed by atoms with Crippen molar-refractivity contribution in [3.05, 3.63) is 29.8 Å². The smallest absolute Gasteiger partial charge is 0.115 e. The van der Waals surface area contributed by atoms with Crippen LogP contribution in [0, 0.1) is 5.92 Å². The molecular formula is C13H19BrO. The number of benzene rings is 1. The predicted octanol–water partition coefficient (Wildman–Crippen LogP) is 4.13. The Kier molecular flexibility index (Phi) is 5.16. The van der Waals surface area contributed by atoms with Gasteiger partial charge in [-0.1, -0.05) is 41.9 Å². The van der Waals surface area contributed by atoms with Gasteiger partial charge in [-0.05, 0) is 42.9 Å². The SMILES string of the molecule is CC(C)CC(Br)CCc1ccc(O)cc1. The molecule has 1 N–H and O–H groups in total. The zero-order chi connectivity index (χ0) is 11.3. The summed E-state index contributed by atoms with van der Waals surface area (Å²) >= 11 is 3.70. The van der Waals surface area contributed by atoms with Crippen molar-refractivity contribution >= 4 is 15.9 Å². The lowest BCUT2D eigenvalue weighted by molar-refractivity contribution is 0.475. The first-order valence-corrected chi connectivity index (χ1v) is 6.41. The molecule has 0 bridgehead atoms. The number of alkyl halides is 1. The molecule has 2 heteroatoms. The van der Waals surface area contributed by atoms with Crippen LogP contribution in [-0.4, -0.2) is 9.93 Å². The highest BCUT2D eigenvalue weighted by Crippen LogP contribution is 2.19. The van der Waals surface area contributed by atoms with Crippen molar-refractivity contribution in [2.75, 3.05) is 0 Å². The fourth-order valence-electron chi connectivity index (χ4n) is 1.62. The third-order valence-corrected chi connectivity index (χ3v) is 3.24. The normalized spacial score (nSPS) is 13.1. The Morgan fingerprint density at radius 3 is 2.33 bits per heavy atom. The highest BCUT2D eigenvalue weighted by Gasteiger charge is 2.06. The maximum atomic E-state index is 9.14. The molecule has 84 valence electrons. The van der Waals surface area contributed by atoms with E-state index in [9.17, 15) is 0 Å². The van der Waals surface area contributed by atoms with Gasteiger partial charge in [0.2, 0.25) is 0 Å². The molecule has 0 aliphatic heterocycles. The number of aryl methyl sites for hydroxylation is 1. The zero-order valence-corrected chi connectivity index (χ0v) is 11.0. The number of aromatic hydroxyl groups is 1. The Labute approximate surface area is 101 Å². The summed E-state index contributed by atoms with van der Waals surface area (Å²) in [5, 5.41) is 9.14. The number of phenolic OH excluding ortho intramolecular Hbond substituents is 1. The van der Waals surface area contributed by atoms with Crippen LogP contribution in [0.4, 0.5) is 0 Å². The molecule has 1 aromatic rings. The average Bonchev–Trinajstić information content (AvgIpc) is 2.16. The van der Waals surface area contributed by atoms with E-state index in [2.05, 4.69) is 29.8 Å². The number of hydrogen-bond donors (Lipinski definition) is 1. The zero-order valence-electron chi connectivity index (χ0n) is 9.41. The highest BCUT2D eigenvalue weighted by atomic mass is 79.9. The summed E-state index contributed by atoms with van der Waals surface area (Å²) < 4.78 is 0. The second-order valence-corrected chi connectivity index (χ2v) is 5.73. The summed E-state index contributed by atoms with van der Waals surface area (Å²) in [6, 6.07) is 7.48. The molecule has 0 saturated carbocycles. The first kappa shape index (κ1) is 12.6. The minimum Gasteiger partial charge on any atom is -0.508 e. The molecule has 0 aliphatic rings. The van der Waals surface area contributed by atoms with Gasteiger partial charge >= 0.3 is 0 Å². The van der Waals surface area contributed by atoms with Crippen molar-refractivity contribution in [1.82, 2.24) is 0 Å². The van der Waals surface area contributed by atoms with Crippen LogP contribution < -0.4 is 0 Å². The van der Waals surface area contributed by atoms with Crippen LogP contribution in [0.5, 0.6) is 5.75 Å². The molecule has 0 spiro atoms. The van der Waals surface area contributed by atoms with Crippen molar-refractivity contribution in [2.45, 2.75) is 37.9 Å². The Balaban J connectivity index is 2.33. The monoisotopic (exact) mass is 270 g/mol. The van der Waals surface area contributed by atoms with E-state index in [-0.39, 0.29) is 0 Å². The quantitative estimate of drug-likeness (QED) is 0.798. The number of rotatable bonds is 5. The van der Waals surface area contributed by atoms with Gasteiger partial charge in [-0.2, -0.15) is 0 Å². The molecule has 1 rings (SSSR count). The van der Waals surface area contributed by atoms with Gasteiger partial charge in [-0.25, -0.2) is 0 Å². The van der Waals surface area contributed by atoms with Gasteiger partial charge < -0.3 is 5.11 Å². The topological polar surface area (TPSA) is 20.2 Å². The Hall–Kier alpha value is -0.500. The Morgan fingerprint density at radius 2 is 1.80 bits per heavy atom. The molecule has 0 saturated heterocycles. The molecule has 15 heavy (non-hydrogen) atoms. The van der Waals surface area contributed by atoms with Crippen LogP contribution in [0.1, 0.15) is 32.3 Å². The molecule has 0 aliphatic carbocycles. The Morgan fingerprint density at radius 1 is 1.20 bits per heavy atom. The summed E-state index contributed by atoms with van der Waals surface area (Å²) in [5.74, 6) is 1.09. The van der Waals surface area contributed by atoms with Crippen LogP contribution in [0.25, 0.3) is 0 Å². The van der Waals surface area contributed by atoms with E-state index in [0.29, 0.717) is 10.6 Å². The first-order valence-electron chi connectivity index (χ1n) is 5.50. The van der Waals surface area contributed by atoms with Gasteiger partial charge in [-0.3, -0.25) is 0 Å². The molecule has 0 fully saturated rings. The number of phenols is 1. The van der Waals surface area contributed by atoms with Crippen molar-refractivity contribution < 1.29 is 5.11 Å². The lowest BCUT2D eigenvalue weighted by Gasteiger charge is -2.11. The molecular weight excluding hydrogens is 252 g/mol. The van der Waals surface area contributed by atoms with Gasteiger partial charge in [0.25, 0.3) is 0 Å². The second kappa shape index (κ2) is 6.16. The average molecular weight is 271 g/mol. The maximum Gasteiger partial charge on any atom is 0.115 e. The van der Waals surface area contributed by atoms with E-state index in [0.717, 1.165) is 18.8 Å². The van der Waals surface area contributed by atoms with Gasteiger partial charge in [0.05, 0.1) is 0 Å². The van der Waals surface area contributed by atoms with Crippen LogP contribution in [-0.2, 0) is 6.42 Å². The van der Waals surface area contributed by atoms with Crippen LogP contribution >= 0.6 is 15.9 Å². The molecule has 0 aromatic heterocycles. The summed E-state index contributed by atoms with van der Waals surface area (Å²) in [6.45, 7) is 4.49. The fraction of sp³-hybridized carbons (Fsp3) is 0.538. The maximum absolute atomic E-state index is 9.14. The highest BCUT2D eigenvalue weighted by molar-refractivity contribution is 9.09. The lowest BCUT2D eigenvalue weighted by Crippen LogP contribution is -2.04. The third-order valence-electron chi connectivity index (χ3n) is 2.41. The van der Waals surface area contributed by atoms with E-state index >= 15 is 0 Å².